The second kappa shape index (κ2) is 8.25. The molecule has 0 unspecified atom stereocenters. The molecule has 5 nitrogen and oxygen atoms in total. The van der Waals surface area contributed by atoms with Crippen LogP contribution in [0.5, 0.6) is 0 Å². The van der Waals surface area contributed by atoms with E-state index in [0.29, 0.717) is 13.0 Å². The lowest BCUT2D eigenvalue weighted by Crippen LogP contribution is -2.33. The summed E-state index contributed by atoms with van der Waals surface area (Å²) >= 11 is 0. The van der Waals surface area contributed by atoms with E-state index in [1.807, 2.05) is 34.6 Å². The van der Waals surface area contributed by atoms with E-state index in [1.165, 1.54) is 12.1 Å². The fraction of sp³-hybridized carbons (Fsp3) is 0.556. The SMILES string of the molecule is C=Cc1ccc(S(=O)(=O)OCC(C)(C)CCNOC(C)(C)C)cc1. The lowest BCUT2D eigenvalue weighted by Gasteiger charge is -2.25. The molecular formula is C18H29NO4S. The van der Waals surface area contributed by atoms with Gasteiger partial charge >= 0.3 is 0 Å². The minimum atomic E-state index is -3.76. The molecule has 0 heterocycles. The normalized spacial score (nSPS) is 13.0. The van der Waals surface area contributed by atoms with Crippen molar-refractivity contribution in [3.05, 3.63) is 36.4 Å². The molecule has 1 rings (SSSR count). The highest BCUT2D eigenvalue weighted by Gasteiger charge is 2.24. The van der Waals surface area contributed by atoms with Crippen LogP contribution in [0.3, 0.4) is 0 Å². The smallest absolute Gasteiger partial charge is 0.296 e. The zero-order chi connectivity index (χ0) is 18.4. The molecule has 6 heteroatoms. The van der Waals surface area contributed by atoms with Crippen LogP contribution >= 0.6 is 0 Å². The molecule has 1 N–H and O–H groups in total. The van der Waals surface area contributed by atoms with Gasteiger partial charge in [-0.1, -0.05) is 38.6 Å². The molecular weight excluding hydrogens is 326 g/mol. The molecule has 0 aliphatic carbocycles. The van der Waals surface area contributed by atoms with E-state index in [0.717, 1.165) is 5.56 Å². The number of hydrogen-bond acceptors (Lipinski definition) is 5. The fourth-order valence-electron chi connectivity index (χ4n) is 1.80. The predicted octanol–water partition coefficient (Wildman–Crippen LogP) is 3.77. The Balaban J connectivity index is 2.53. The van der Waals surface area contributed by atoms with E-state index in [2.05, 4.69) is 12.1 Å². The van der Waals surface area contributed by atoms with E-state index >= 15 is 0 Å². The Bertz CT molecular complexity index is 628. The molecule has 0 amide bonds. The van der Waals surface area contributed by atoms with Crippen molar-refractivity contribution in [3.63, 3.8) is 0 Å². The molecule has 0 aliphatic heterocycles. The second-order valence-corrected chi connectivity index (χ2v) is 9.13. The molecule has 0 saturated carbocycles. The maximum Gasteiger partial charge on any atom is 0.296 e. The summed E-state index contributed by atoms with van der Waals surface area (Å²) in [6.07, 6.45) is 2.38. The Morgan fingerprint density at radius 3 is 2.21 bits per heavy atom. The van der Waals surface area contributed by atoms with Crippen LogP contribution in [0.2, 0.25) is 0 Å². The molecule has 1 aromatic rings. The van der Waals surface area contributed by atoms with Gasteiger partial charge in [-0.05, 0) is 50.3 Å². The Labute approximate surface area is 146 Å². The molecule has 136 valence electrons. The monoisotopic (exact) mass is 355 g/mol. The zero-order valence-electron chi connectivity index (χ0n) is 15.3. The average molecular weight is 356 g/mol. The quantitative estimate of drug-likeness (QED) is 0.415. The van der Waals surface area contributed by atoms with Crippen LogP contribution in [-0.4, -0.2) is 27.2 Å². The van der Waals surface area contributed by atoms with Crippen molar-refractivity contribution in [2.45, 2.75) is 51.5 Å². The number of rotatable bonds is 9. The van der Waals surface area contributed by atoms with Crippen LogP contribution in [0, 0.1) is 5.41 Å². The highest BCUT2D eigenvalue weighted by Crippen LogP contribution is 2.23. The topological polar surface area (TPSA) is 64.6 Å². The third-order valence-corrected chi connectivity index (χ3v) is 4.57. The Morgan fingerprint density at radius 1 is 1.12 bits per heavy atom. The van der Waals surface area contributed by atoms with Crippen molar-refractivity contribution in [2.24, 2.45) is 5.41 Å². The van der Waals surface area contributed by atoms with Crippen LogP contribution in [0.1, 0.15) is 46.6 Å². The van der Waals surface area contributed by atoms with Crippen molar-refractivity contribution in [1.29, 1.82) is 0 Å². The van der Waals surface area contributed by atoms with E-state index in [1.54, 1.807) is 18.2 Å². The third-order valence-electron chi connectivity index (χ3n) is 3.29. The molecule has 0 radical (unpaired) electrons. The zero-order valence-corrected chi connectivity index (χ0v) is 16.1. The summed E-state index contributed by atoms with van der Waals surface area (Å²) in [5.41, 5.74) is 3.20. The molecule has 0 spiro atoms. The minimum absolute atomic E-state index is 0.107. The molecule has 0 aromatic heterocycles. The van der Waals surface area contributed by atoms with Gasteiger partial charge in [0.1, 0.15) is 0 Å². The molecule has 0 fully saturated rings. The van der Waals surface area contributed by atoms with Crippen molar-refractivity contribution in [3.8, 4) is 0 Å². The molecule has 0 bridgehead atoms. The van der Waals surface area contributed by atoms with Crippen molar-refractivity contribution in [2.75, 3.05) is 13.2 Å². The summed E-state index contributed by atoms with van der Waals surface area (Å²) in [7, 11) is -3.76. The largest absolute Gasteiger partial charge is 0.296 e. The molecule has 0 atom stereocenters. The fourth-order valence-corrected chi connectivity index (χ4v) is 2.88. The summed E-state index contributed by atoms with van der Waals surface area (Å²) in [5, 5.41) is 0. The van der Waals surface area contributed by atoms with Crippen molar-refractivity contribution >= 4 is 16.2 Å². The van der Waals surface area contributed by atoms with Gasteiger partial charge in [-0.15, -0.1) is 0 Å². The summed E-state index contributed by atoms with van der Waals surface area (Å²) in [5.74, 6) is 0. The maximum absolute atomic E-state index is 12.3. The van der Waals surface area contributed by atoms with Gasteiger partial charge in [-0.25, -0.2) is 5.48 Å². The van der Waals surface area contributed by atoms with Crippen LogP contribution in [0.25, 0.3) is 6.08 Å². The number of hydroxylamine groups is 1. The number of hydrogen-bond donors (Lipinski definition) is 1. The minimum Gasteiger partial charge on any atom is -0.296 e. The van der Waals surface area contributed by atoms with Gasteiger partial charge < -0.3 is 0 Å². The van der Waals surface area contributed by atoms with Gasteiger partial charge in [-0.2, -0.15) is 8.42 Å². The van der Waals surface area contributed by atoms with E-state index in [9.17, 15) is 8.42 Å². The standard InChI is InChI=1S/C18H29NO4S/c1-7-15-8-10-16(11-9-15)24(20,21)22-14-18(5,6)12-13-19-23-17(2,3)4/h7-11,19H,1,12-14H2,2-6H3. The molecule has 1 aromatic carbocycles. The Kier molecular flexibility index (Phi) is 7.16. The van der Waals surface area contributed by atoms with Gasteiger partial charge in [0.15, 0.2) is 0 Å². The highest BCUT2D eigenvalue weighted by atomic mass is 32.2. The van der Waals surface area contributed by atoms with E-state index < -0.39 is 10.1 Å². The lowest BCUT2D eigenvalue weighted by molar-refractivity contribution is -0.0756. The van der Waals surface area contributed by atoms with Crippen LogP contribution in [0.4, 0.5) is 0 Å². The molecule has 0 aliphatic rings. The molecule has 0 saturated heterocycles. The highest BCUT2D eigenvalue weighted by molar-refractivity contribution is 7.86. The Morgan fingerprint density at radius 2 is 1.71 bits per heavy atom. The van der Waals surface area contributed by atoms with E-state index in [-0.39, 0.29) is 22.5 Å². The average Bonchev–Trinajstić information content (AvgIpc) is 2.49. The first-order valence-electron chi connectivity index (χ1n) is 7.98. The van der Waals surface area contributed by atoms with Gasteiger partial charge in [0.05, 0.1) is 17.1 Å². The van der Waals surface area contributed by atoms with Crippen molar-refractivity contribution < 1.29 is 17.4 Å². The molecule has 24 heavy (non-hydrogen) atoms. The predicted molar refractivity (Wildman–Crippen MR) is 96.9 cm³/mol. The second-order valence-electron chi connectivity index (χ2n) is 7.51. The summed E-state index contributed by atoms with van der Waals surface area (Å²) in [4.78, 5) is 5.60. The van der Waals surface area contributed by atoms with Gasteiger partial charge in [0.25, 0.3) is 10.1 Å². The first kappa shape index (κ1) is 20.8. The summed E-state index contributed by atoms with van der Waals surface area (Å²) in [6, 6.07) is 6.44. The summed E-state index contributed by atoms with van der Waals surface area (Å²) < 4.78 is 29.7. The first-order chi connectivity index (χ1) is 11.0. The van der Waals surface area contributed by atoms with Crippen LogP contribution in [-0.2, 0) is 19.1 Å². The van der Waals surface area contributed by atoms with Crippen LogP contribution in [0.15, 0.2) is 35.7 Å². The van der Waals surface area contributed by atoms with Crippen LogP contribution < -0.4 is 5.48 Å². The maximum atomic E-state index is 12.3. The van der Waals surface area contributed by atoms with Crippen molar-refractivity contribution in [1.82, 2.24) is 5.48 Å². The lowest BCUT2D eigenvalue weighted by atomic mass is 9.91. The first-order valence-corrected chi connectivity index (χ1v) is 9.39. The number of nitrogens with one attached hydrogen (secondary N) is 1. The number of benzene rings is 1. The van der Waals surface area contributed by atoms with Gasteiger partial charge in [0.2, 0.25) is 0 Å². The van der Waals surface area contributed by atoms with Gasteiger partial charge in [-0.3, -0.25) is 9.02 Å². The Hall–Kier alpha value is -1.21. The van der Waals surface area contributed by atoms with Gasteiger partial charge in [0, 0.05) is 6.54 Å². The summed E-state index contributed by atoms with van der Waals surface area (Å²) in [6.45, 7) is 14.2. The third kappa shape index (κ3) is 7.57. The van der Waals surface area contributed by atoms with E-state index in [4.69, 9.17) is 9.02 Å².